The maximum Gasteiger partial charge on any atom is 0.339 e. The third-order valence-corrected chi connectivity index (χ3v) is 4.62. The van der Waals surface area contributed by atoms with Crippen molar-refractivity contribution < 1.29 is 9.90 Å². The van der Waals surface area contributed by atoms with Crippen LogP contribution < -0.4 is 4.90 Å². The van der Waals surface area contributed by atoms with E-state index in [1.807, 2.05) is 0 Å². The minimum absolute atomic E-state index is 0.279. The largest absolute Gasteiger partial charge is 0.478 e. The van der Waals surface area contributed by atoms with Gasteiger partial charge in [-0.25, -0.2) is 9.78 Å². The number of likely N-dealkylation sites (tertiary alicyclic amines) is 1. The van der Waals surface area contributed by atoms with Crippen molar-refractivity contribution in [2.75, 3.05) is 31.1 Å². The Kier molecular flexibility index (Phi) is 3.94. The zero-order chi connectivity index (χ0) is 14.1. The first-order chi connectivity index (χ1) is 9.65. The first-order valence-electron chi connectivity index (χ1n) is 7.03. The summed E-state index contributed by atoms with van der Waals surface area (Å²) in [6.45, 7) is 4.13. The van der Waals surface area contributed by atoms with Crippen LogP contribution in [-0.2, 0) is 0 Å². The maximum atomic E-state index is 11.4. The van der Waals surface area contributed by atoms with Gasteiger partial charge in [0.2, 0.25) is 0 Å². The fourth-order valence-electron chi connectivity index (χ4n) is 3.18. The van der Waals surface area contributed by atoms with Gasteiger partial charge in [-0.15, -0.1) is 0 Å². The van der Waals surface area contributed by atoms with E-state index in [0.717, 1.165) is 19.5 Å². The molecule has 1 N–H and O–H groups in total. The highest BCUT2D eigenvalue weighted by Gasteiger charge is 2.31. The summed E-state index contributed by atoms with van der Waals surface area (Å²) in [4.78, 5) is 20.3. The van der Waals surface area contributed by atoms with E-state index >= 15 is 0 Å². The van der Waals surface area contributed by atoms with Crippen molar-refractivity contribution in [1.29, 1.82) is 0 Å². The number of aromatic carboxylic acids is 1. The van der Waals surface area contributed by atoms with E-state index in [1.165, 1.54) is 25.9 Å². The summed E-state index contributed by atoms with van der Waals surface area (Å²) < 4.78 is 0.703. The Morgan fingerprint density at radius 3 is 2.80 bits per heavy atom. The SMILES string of the molecule is O=C(O)c1cc(Br)cnc1N1CCC(N2CCCC2)C1. The van der Waals surface area contributed by atoms with Crippen LogP contribution in [0.1, 0.15) is 29.6 Å². The van der Waals surface area contributed by atoms with Gasteiger partial charge in [0.05, 0.1) is 0 Å². The van der Waals surface area contributed by atoms with Crippen LogP contribution in [0.3, 0.4) is 0 Å². The maximum absolute atomic E-state index is 11.4. The van der Waals surface area contributed by atoms with E-state index in [1.54, 1.807) is 12.3 Å². The van der Waals surface area contributed by atoms with E-state index in [9.17, 15) is 9.90 Å². The Hall–Kier alpha value is -1.14. The summed E-state index contributed by atoms with van der Waals surface area (Å²) in [5.41, 5.74) is 0.279. The molecule has 1 aromatic rings. The third-order valence-electron chi connectivity index (χ3n) is 4.18. The van der Waals surface area contributed by atoms with Crippen molar-refractivity contribution in [2.24, 2.45) is 0 Å². The zero-order valence-electron chi connectivity index (χ0n) is 11.3. The molecule has 20 heavy (non-hydrogen) atoms. The van der Waals surface area contributed by atoms with E-state index in [-0.39, 0.29) is 5.56 Å². The van der Waals surface area contributed by atoms with Gasteiger partial charge in [0, 0.05) is 29.8 Å². The molecule has 108 valence electrons. The number of rotatable bonds is 3. The van der Waals surface area contributed by atoms with Crippen molar-refractivity contribution in [3.63, 3.8) is 0 Å². The molecule has 0 radical (unpaired) electrons. The second kappa shape index (κ2) is 5.69. The highest BCUT2D eigenvalue weighted by atomic mass is 79.9. The minimum atomic E-state index is -0.918. The molecule has 2 aliphatic heterocycles. The molecule has 0 aliphatic carbocycles. The monoisotopic (exact) mass is 339 g/mol. The first kappa shape index (κ1) is 13.8. The molecule has 1 unspecified atom stereocenters. The van der Waals surface area contributed by atoms with Crippen molar-refractivity contribution in [3.05, 3.63) is 22.3 Å². The molecule has 2 saturated heterocycles. The number of aromatic nitrogens is 1. The van der Waals surface area contributed by atoms with Crippen molar-refractivity contribution in [2.45, 2.75) is 25.3 Å². The lowest BCUT2D eigenvalue weighted by Gasteiger charge is -2.24. The van der Waals surface area contributed by atoms with Crippen molar-refractivity contribution >= 4 is 27.7 Å². The Balaban J connectivity index is 1.78. The molecule has 1 atom stereocenters. The average molecular weight is 340 g/mol. The molecular weight excluding hydrogens is 322 g/mol. The summed E-state index contributed by atoms with van der Waals surface area (Å²) in [5, 5.41) is 9.33. The predicted molar refractivity (Wildman–Crippen MR) is 80.3 cm³/mol. The standard InChI is InChI=1S/C14H18BrN3O2/c15-10-7-12(14(19)20)13(16-8-10)18-6-3-11(9-18)17-4-1-2-5-17/h7-8,11H,1-6,9H2,(H,19,20). The lowest BCUT2D eigenvalue weighted by molar-refractivity contribution is 0.0697. The number of anilines is 1. The molecule has 0 amide bonds. The molecule has 6 heteroatoms. The van der Waals surface area contributed by atoms with Gasteiger partial charge in [0.1, 0.15) is 11.4 Å². The number of nitrogens with zero attached hydrogens (tertiary/aromatic N) is 3. The number of carbonyl (C=O) groups is 1. The lowest BCUT2D eigenvalue weighted by atomic mass is 10.2. The fourth-order valence-corrected chi connectivity index (χ4v) is 3.51. The van der Waals surface area contributed by atoms with Crippen LogP contribution in [0.5, 0.6) is 0 Å². The molecule has 2 fully saturated rings. The highest BCUT2D eigenvalue weighted by Crippen LogP contribution is 2.27. The van der Waals surface area contributed by atoms with Crippen LogP contribution in [0, 0.1) is 0 Å². The van der Waals surface area contributed by atoms with Gasteiger partial charge in [0.15, 0.2) is 0 Å². The molecule has 3 rings (SSSR count). The molecule has 0 aromatic carbocycles. The van der Waals surface area contributed by atoms with Gasteiger partial charge in [-0.05, 0) is 54.3 Å². The van der Waals surface area contributed by atoms with Crippen LogP contribution in [0.25, 0.3) is 0 Å². The molecule has 0 saturated carbocycles. The summed E-state index contributed by atoms with van der Waals surface area (Å²) >= 11 is 3.29. The summed E-state index contributed by atoms with van der Waals surface area (Å²) in [6, 6.07) is 2.18. The topological polar surface area (TPSA) is 56.7 Å². The summed E-state index contributed by atoms with van der Waals surface area (Å²) in [6.07, 6.45) is 5.34. The smallest absolute Gasteiger partial charge is 0.339 e. The zero-order valence-corrected chi connectivity index (χ0v) is 12.8. The summed E-state index contributed by atoms with van der Waals surface area (Å²) in [7, 11) is 0. The minimum Gasteiger partial charge on any atom is -0.478 e. The van der Waals surface area contributed by atoms with Crippen LogP contribution >= 0.6 is 15.9 Å². The van der Waals surface area contributed by atoms with E-state index in [4.69, 9.17) is 0 Å². The number of hydrogen-bond acceptors (Lipinski definition) is 4. The van der Waals surface area contributed by atoms with Gasteiger partial charge >= 0.3 is 5.97 Å². The number of halogens is 1. The van der Waals surface area contributed by atoms with Gasteiger partial charge in [-0.1, -0.05) is 0 Å². The van der Waals surface area contributed by atoms with Crippen LogP contribution in [0.4, 0.5) is 5.82 Å². The van der Waals surface area contributed by atoms with Crippen LogP contribution in [0.2, 0.25) is 0 Å². The van der Waals surface area contributed by atoms with E-state index in [2.05, 4.69) is 30.7 Å². The molecule has 1 aromatic heterocycles. The predicted octanol–water partition coefficient (Wildman–Crippen LogP) is 2.22. The van der Waals surface area contributed by atoms with Crippen molar-refractivity contribution in [3.8, 4) is 0 Å². The Morgan fingerprint density at radius 2 is 2.10 bits per heavy atom. The molecule has 2 aliphatic rings. The van der Waals surface area contributed by atoms with Gasteiger partial charge in [0.25, 0.3) is 0 Å². The van der Waals surface area contributed by atoms with Gasteiger partial charge in [-0.2, -0.15) is 0 Å². The first-order valence-corrected chi connectivity index (χ1v) is 7.82. The fraction of sp³-hybridized carbons (Fsp3) is 0.571. The van der Waals surface area contributed by atoms with Crippen molar-refractivity contribution in [1.82, 2.24) is 9.88 Å². The molecule has 0 bridgehead atoms. The van der Waals surface area contributed by atoms with Crippen LogP contribution in [-0.4, -0.2) is 53.2 Å². The normalized spacial score (nSPS) is 23.4. The quantitative estimate of drug-likeness (QED) is 0.914. The number of pyridine rings is 1. The Bertz CT molecular complexity index is 517. The van der Waals surface area contributed by atoms with Gasteiger partial charge < -0.3 is 10.0 Å². The molecule has 0 spiro atoms. The number of hydrogen-bond donors (Lipinski definition) is 1. The Morgan fingerprint density at radius 1 is 1.35 bits per heavy atom. The molecule has 5 nitrogen and oxygen atoms in total. The van der Waals surface area contributed by atoms with Crippen LogP contribution in [0.15, 0.2) is 16.7 Å². The third kappa shape index (κ3) is 2.67. The Labute approximate surface area is 126 Å². The van der Waals surface area contributed by atoms with E-state index in [0.29, 0.717) is 16.3 Å². The molecule has 3 heterocycles. The van der Waals surface area contributed by atoms with E-state index < -0.39 is 5.97 Å². The average Bonchev–Trinajstić information content (AvgIpc) is 3.09. The summed E-state index contributed by atoms with van der Waals surface area (Å²) in [5.74, 6) is -0.319. The number of carboxylic acids is 1. The number of carboxylic acid groups (broad SMARTS) is 1. The highest BCUT2D eigenvalue weighted by molar-refractivity contribution is 9.10. The second-order valence-electron chi connectivity index (χ2n) is 5.46. The van der Waals surface area contributed by atoms with Gasteiger partial charge in [-0.3, -0.25) is 4.90 Å². The second-order valence-corrected chi connectivity index (χ2v) is 6.38. The lowest BCUT2D eigenvalue weighted by Crippen LogP contribution is -2.35. The molecular formula is C14H18BrN3O2.